The number of hydrogen-bond donors (Lipinski definition) is 1. The molecule has 8 heteroatoms. The fourth-order valence-electron chi connectivity index (χ4n) is 2.32. The Kier molecular flexibility index (Phi) is 3.58. The highest BCUT2D eigenvalue weighted by atomic mass is 16.4. The van der Waals surface area contributed by atoms with Crippen LogP contribution >= 0.6 is 0 Å². The molecule has 1 aromatic heterocycles. The number of rotatable bonds is 5. The summed E-state index contributed by atoms with van der Waals surface area (Å²) in [5.74, 6) is -1.26. The highest BCUT2D eigenvalue weighted by Crippen LogP contribution is 2.30. The van der Waals surface area contributed by atoms with Crippen molar-refractivity contribution in [2.75, 3.05) is 0 Å². The van der Waals surface area contributed by atoms with E-state index < -0.39 is 12.0 Å². The summed E-state index contributed by atoms with van der Waals surface area (Å²) in [5.41, 5.74) is 1.18. The van der Waals surface area contributed by atoms with E-state index in [1.165, 1.54) is 22.8 Å². The first-order chi connectivity index (χ1) is 10.6. The van der Waals surface area contributed by atoms with Gasteiger partial charge in [-0.2, -0.15) is 0 Å². The van der Waals surface area contributed by atoms with Crippen molar-refractivity contribution in [3.05, 3.63) is 36.2 Å². The van der Waals surface area contributed by atoms with Crippen molar-refractivity contribution < 1.29 is 14.7 Å². The van der Waals surface area contributed by atoms with Gasteiger partial charge in [0.25, 0.3) is 5.91 Å². The molecule has 22 heavy (non-hydrogen) atoms. The molecule has 1 saturated carbocycles. The molecule has 0 radical (unpaired) electrons. The third kappa shape index (κ3) is 2.67. The molecule has 1 fully saturated rings. The fraction of sp³-hybridized carbons (Fsp3) is 0.357. The highest BCUT2D eigenvalue weighted by Gasteiger charge is 2.38. The molecule has 1 atom stereocenters. The standard InChI is InChI=1S/C14H15N5O3/c1-9(14(21)22)19(12-6-7-12)13(20)10-2-4-11(5-3-10)18-8-15-16-17-18/h2-5,8-9,12H,6-7H2,1H3,(H,21,22). The molecule has 0 saturated heterocycles. The largest absolute Gasteiger partial charge is 0.480 e. The molecular formula is C14H15N5O3. The van der Waals surface area contributed by atoms with Crippen molar-refractivity contribution in [3.63, 3.8) is 0 Å². The van der Waals surface area contributed by atoms with Crippen LogP contribution in [0.25, 0.3) is 5.69 Å². The van der Waals surface area contributed by atoms with Crippen LogP contribution in [0.15, 0.2) is 30.6 Å². The molecule has 1 aromatic carbocycles. The Morgan fingerprint density at radius 2 is 2.00 bits per heavy atom. The van der Waals surface area contributed by atoms with Crippen molar-refractivity contribution >= 4 is 11.9 Å². The first kappa shape index (κ1) is 14.2. The molecule has 0 bridgehead atoms. The SMILES string of the molecule is CC(C(=O)O)N(C(=O)c1ccc(-n2cnnn2)cc1)C1CC1. The summed E-state index contributed by atoms with van der Waals surface area (Å²) in [7, 11) is 0. The van der Waals surface area contributed by atoms with Gasteiger partial charge in [-0.05, 0) is 54.5 Å². The molecule has 2 aromatic rings. The second-order valence-electron chi connectivity index (χ2n) is 5.26. The highest BCUT2D eigenvalue weighted by molar-refractivity contribution is 5.97. The number of carboxylic acid groups (broad SMARTS) is 1. The summed E-state index contributed by atoms with van der Waals surface area (Å²) in [5, 5.41) is 20.0. The average molecular weight is 301 g/mol. The molecule has 1 heterocycles. The van der Waals surface area contributed by atoms with E-state index in [9.17, 15) is 14.7 Å². The van der Waals surface area contributed by atoms with Gasteiger partial charge in [0, 0.05) is 11.6 Å². The Morgan fingerprint density at radius 1 is 1.32 bits per heavy atom. The number of hydrogen-bond acceptors (Lipinski definition) is 5. The van der Waals surface area contributed by atoms with Crippen LogP contribution in [0.5, 0.6) is 0 Å². The van der Waals surface area contributed by atoms with Crippen molar-refractivity contribution in [1.29, 1.82) is 0 Å². The summed E-state index contributed by atoms with van der Waals surface area (Å²) in [6.45, 7) is 1.54. The molecule has 8 nitrogen and oxygen atoms in total. The minimum atomic E-state index is -0.995. The summed E-state index contributed by atoms with van der Waals surface area (Å²) in [4.78, 5) is 25.2. The molecule has 1 aliphatic rings. The van der Waals surface area contributed by atoms with Crippen LogP contribution in [0.4, 0.5) is 0 Å². The number of nitrogens with zero attached hydrogens (tertiary/aromatic N) is 5. The predicted molar refractivity (Wildman–Crippen MR) is 75.4 cm³/mol. The smallest absolute Gasteiger partial charge is 0.326 e. The van der Waals surface area contributed by atoms with Crippen molar-refractivity contribution in [2.24, 2.45) is 0 Å². The first-order valence-electron chi connectivity index (χ1n) is 6.97. The van der Waals surface area contributed by atoms with Gasteiger partial charge in [-0.3, -0.25) is 4.79 Å². The van der Waals surface area contributed by atoms with E-state index in [-0.39, 0.29) is 11.9 Å². The maximum absolute atomic E-state index is 12.6. The van der Waals surface area contributed by atoms with E-state index in [0.29, 0.717) is 5.56 Å². The zero-order valence-electron chi connectivity index (χ0n) is 12.0. The van der Waals surface area contributed by atoms with Crippen LogP contribution in [0.1, 0.15) is 30.1 Å². The Bertz CT molecular complexity index is 679. The number of carbonyl (C=O) groups is 2. The second-order valence-corrected chi connectivity index (χ2v) is 5.26. The predicted octanol–water partition coefficient (Wildman–Crippen LogP) is 0.740. The summed E-state index contributed by atoms with van der Waals surface area (Å²) in [6.07, 6.45) is 3.16. The molecule has 114 valence electrons. The zero-order chi connectivity index (χ0) is 15.7. The van der Waals surface area contributed by atoms with Crippen LogP contribution in [0.2, 0.25) is 0 Å². The lowest BCUT2D eigenvalue weighted by Crippen LogP contribution is -2.44. The van der Waals surface area contributed by atoms with E-state index in [2.05, 4.69) is 15.5 Å². The van der Waals surface area contributed by atoms with Gasteiger partial charge in [-0.25, -0.2) is 9.48 Å². The second kappa shape index (κ2) is 5.55. The molecule has 1 N–H and O–H groups in total. The van der Waals surface area contributed by atoms with E-state index >= 15 is 0 Å². The summed E-state index contributed by atoms with van der Waals surface area (Å²) < 4.78 is 1.48. The first-order valence-corrected chi connectivity index (χ1v) is 6.97. The van der Waals surface area contributed by atoms with Gasteiger partial charge >= 0.3 is 5.97 Å². The molecule has 3 rings (SSSR count). The van der Waals surface area contributed by atoms with Crippen LogP contribution in [0, 0.1) is 0 Å². The lowest BCUT2D eigenvalue weighted by Gasteiger charge is -2.26. The van der Waals surface area contributed by atoms with Crippen LogP contribution in [-0.4, -0.2) is 54.2 Å². The van der Waals surface area contributed by atoms with E-state index in [4.69, 9.17) is 0 Å². The molecule has 1 amide bonds. The molecule has 1 aliphatic carbocycles. The number of carbonyl (C=O) groups excluding carboxylic acids is 1. The van der Waals surface area contributed by atoms with E-state index in [1.807, 2.05) is 0 Å². The Hall–Kier alpha value is -2.77. The third-order valence-corrected chi connectivity index (χ3v) is 3.68. The summed E-state index contributed by atoms with van der Waals surface area (Å²) >= 11 is 0. The van der Waals surface area contributed by atoms with Gasteiger partial charge in [0.1, 0.15) is 12.4 Å². The molecular weight excluding hydrogens is 286 g/mol. The zero-order valence-corrected chi connectivity index (χ0v) is 12.0. The maximum Gasteiger partial charge on any atom is 0.326 e. The number of carboxylic acids is 1. The minimum absolute atomic E-state index is 0.0257. The third-order valence-electron chi connectivity index (χ3n) is 3.68. The number of tetrazole rings is 1. The van der Waals surface area contributed by atoms with E-state index in [0.717, 1.165) is 18.5 Å². The van der Waals surface area contributed by atoms with Crippen LogP contribution in [-0.2, 0) is 4.79 Å². The van der Waals surface area contributed by atoms with Gasteiger partial charge in [0.15, 0.2) is 0 Å². The van der Waals surface area contributed by atoms with E-state index in [1.54, 1.807) is 24.3 Å². The maximum atomic E-state index is 12.6. The topological polar surface area (TPSA) is 101 Å². The van der Waals surface area contributed by atoms with Gasteiger partial charge in [0.2, 0.25) is 0 Å². The van der Waals surface area contributed by atoms with Gasteiger partial charge in [-0.1, -0.05) is 0 Å². The lowest BCUT2D eigenvalue weighted by atomic mass is 10.1. The Balaban J connectivity index is 1.83. The monoisotopic (exact) mass is 301 g/mol. The number of aromatic nitrogens is 4. The van der Waals surface area contributed by atoms with Crippen molar-refractivity contribution in [2.45, 2.75) is 31.8 Å². The molecule has 0 aliphatic heterocycles. The lowest BCUT2D eigenvalue weighted by molar-refractivity contribution is -0.141. The van der Waals surface area contributed by atoms with Crippen molar-refractivity contribution in [3.8, 4) is 5.69 Å². The number of benzene rings is 1. The Labute approximate surface area is 126 Å². The summed E-state index contributed by atoms with van der Waals surface area (Å²) in [6, 6.07) is 5.95. The fourth-order valence-corrected chi connectivity index (χ4v) is 2.32. The minimum Gasteiger partial charge on any atom is -0.480 e. The average Bonchev–Trinajstić information content (AvgIpc) is 3.19. The van der Waals surface area contributed by atoms with Crippen LogP contribution in [0.3, 0.4) is 0 Å². The Morgan fingerprint density at radius 3 is 2.50 bits per heavy atom. The molecule has 0 spiro atoms. The van der Waals surface area contributed by atoms with Gasteiger partial charge in [0.05, 0.1) is 5.69 Å². The van der Waals surface area contributed by atoms with Crippen LogP contribution < -0.4 is 0 Å². The number of amides is 1. The normalized spacial score (nSPS) is 15.3. The quantitative estimate of drug-likeness (QED) is 0.874. The van der Waals surface area contributed by atoms with Gasteiger partial charge < -0.3 is 10.0 Å². The van der Waals surface area contributed by atoms with Gasteiger partial charge in [-0.15, -0.1) is 5.10 Å². The molecule has 1 unspecified atom stereocenters. The van der Waals surface area contributed by atoms with Crippen molar-refractivity contribution in [1.82, 2.24) is 25.1 Å². The number of aliphatic carboxylic acids is 1.